The van der Waals surface area contributed by atoms with Crippen LogP contribution in [0, 0.1) is 0 Å². The molecule has 1 unspecified atom stereocenters. The quantitative estimate of drug-likeness (QED) is 0.716. The lowest BCUT2D eigenvalue weighted by molar-refractivity contribution is 0.281. The molecule has 2 rings (SSSR count). The van der Waals surface area contributed by atoms with Crippen LogP contribution in [0.1, 0.15) is 16.7 Å². The first-order valence-corrected chi connectivity index (χ1v) is 7.43. The Morgan fingerprint density at radius 1 is 0.950 bits per heavy atom. The number of aryl methyl sites for hydroxylation is 2. The van der Waals surface area contributed by atoms with E-state index in [-0.39, 0.29) is 6.61 Å². The molecule has 2 aromatic carbocycles. The van der Waals surface area contributed by atoms with E-state index < -0.39 is 11.3 Å². The van der Waals surface area contributed by atoms with Gasteiger partial charge in [-0.15, -0.1) is 0 Å². The summed E-state index contributed by atoms with van der Waals surface area (Å²) >= 11 is -2.05. The van der Waals surface area contributed by atoms with Crippen LogP contribution in [0.25, 0.3) is 0 Å². The summed E-state index contributed by atoms with van der Waals surface area (Å²) in [5.41, 5.74) is 3.80. The molecule has 0 saturated carbocycles. The zero-order valence-corrected chi connectivity index (χ0v) is 11.8. The second kappa shape index (κ2) is 7.19. The average Bonchev–Trinajstić information content (AvgIpc) is 2.45. The highest BCUT2D eigenvalue weighted by atomic mass is 32.2. The number of benzene rings is 2. The van der Waals surface area contributed by atoms with Gasteiger partial charge in [0, 0.05) is 5.69 Å². The number of hydrogen-bond donors (Lipinski definition) is 3. The van der Waals surface area contributed by atoms with Crippen LogP contribution < -0.4 is 4.72 Å². The summed E-state index contributed by atoms with van der Waals surface area (Å²) < 4.78 is 22.0. The highest BCUT2D eigenvalue weighted by molar-refractivity contribution is 7.80. The highest BCUT2D eigenvalue weighted by Crippen LogP contribution is 2.14. The smallest absolute Gasteiger partial charge is 0.259 e. The molecule has 0 aliphatic carbocycles. The minimum absolute atomic E-state index is 0.0511. The van der Waals surface area contributed by atoms with Crippen molar-refractivity contribution < 1.29 is 13.9 Å². The molecule has 0 aromatic heterocycles. The molecule has 0 aliphatic heterocycles. The van der Waals surface area contributed by atoms with Crippen molar-refractivity contribution in [3.05, 3.63) is 65.2 Å². The van der Waals surface area contributed by atoms with Crippen molar-refractivity contribution in [1.29, 1.82) is 0 Å². The van der Waals surface area contributed by atoms with Gasteiger partial charge in [-0.3, -0.25) is 9.27 Å². The normalized spacial score (nSPS) is 12.1. The zero-order chi connectivity index (χ0) is 14.4. The lowest BCUT2D eigenvalue weighted by Gasteiger charge is -2.06. The van der Waals surface area contributed by atoms with E-state index in [9.17, 15) is 4.21 Å². The molecule has 3 N–H and O–H groups in total. The van der Waals surface area contributed by atoms with E-state index in [1.54, 1.807) is 6.07 Å². The SMILES string of the molecule is O=S(O)Nc1cccc(CCc2cccc(CO)c2)c1. The van der Waals surface area contributed by atoms with Gasteiger partial charge in [-0.2, -0.15) is 0 Å². The Kier molecular flexibility index (Phi) is 5.29. The summed E-state index contributed by atoms with van der Waals surface area (Å²) in [6.45, 7) is 0.0511. The van der Waals surface area contributed by atoms with Crippen molar-refractivity contribution >= 4 is 17.0 Å². The molecule has 0 amide bonds. The second-order valence-corrected chi connectivity index (χ2v) is 5.23. The van der Waals surface area contributed by atoms with E-state index >= 15 is 0 Å². The highest BCUT2D eigenvalue weighted by Gasteiger charge is 2.00. The third-order valence-corrected chi connectivity index (χ3v) is 3.42. The van der Waals surface area contributed by atoms with Crippen LogP contribution in [0.3, 0.4) is 0 Å². The maximum atomic E-state index is 10.7. The lowest BCUT2D eigenvalue weighted by atomic mass is 10.0. The minimum atomic E-state index is -2.05. The fourth-order valence-electron chi connectivity index (χ4n) is 2.06. The molecule has 4 nitrogen and oxygen atoms in total. The van der Waals surface area contributed by atoms with Crippen molar-refractivity contribution in [3.63, 3.8) is 0 Å². The standard InChI is InChI=1S/C15H17NO3S/c17-11-14-5-1-3-12(9-14)7-8-13-4-2-6-15(10-13)16-20(18)19/h1-6,9-10,16-17H,7-8,11H2,(H,18,19). The van der Waals surface area contributed by atoms with Crippen LogP contribution in [0.15, 0.2) is 48.5 Å². The van der Waals surface area contributed by atoms with Gasteiger partial charge < -0.3 is 5.11 Å². The maximum Gasteiger partial charge on any atom is 0.259 e. The van der Waals surface area contributed by atoms with E-state index in [1.165, 1.54) is 5.56 Å². The fourth-order valence-corrected chi connectivity index (χ4v) is 2.39. The molecule has 0 aliphatic rings. The maximum absolute atomic E-state index is 10.7. The zero-order valence-electron chi connectivity index (χ0n) is 11.0. The first kappa shape index (κ1) is 14.7. The Balaban J connectivity index is 2.01. The summed E-state index contributed by atoms with van der Waals surface area (Å²) in [6.07, 6.45) is 1.70. The summed E-state index contributed by atoms with van der Waals surface area (Å²) in [5, 5.41) is 9.11. The summed E-state index contributed by atoms with van der Waals surface area (Å²) in [6, 6.07) is 15.3. The van der Waals surface area contributed by atoms with Gasteiger partial charge in [0.1, 0.15) is 0 Å². The molecule has 0 bridgehead atoms. The molecule has 20 heavy (non-hydrogen) atoms. The van der Waals surface area contributed by atoms with E-state index in [2.05, 4.69) is 4.72 Å². The Bertz CT molecular complexity index is 601. The molecule has 1 atom stereocenters. The van der Waals surface area contributed by atoms with Gasteiger partial charge in [0.25, 0.3) is 11.3 Å². The Morgan fingerprint density at radius 2 is 1.55 bits per heavy atom. The molecule has 0 saturated heterocycles. The van der Waals surface area contributed by atoms with Crippen molar-refractivity contribution in [3.8, 4) is 0 Å². The first-order chi connectivity index (χ1) is 9.67. The van der Waals surface area contributed by atoms with E-state index in [4.69, 9.17) is 9.66 Å². The van der Waals surface area contributed by atoms with Crippen LogP contribution in [0.5, 0.6) is 0 Å². The topological polar surface area (TPSA) is 69.6 Å². The van der Waals surface area contributed by atoms with Crippen LogP contribution >= 0.6 is 0 Å². The Hall–Kier alpha value is -1.69. The summed E-state index contributed by atoms with van der Waals surface area (Å²) in [4.78, 5) is 0. The molecular weight excluding hydrogens is 274 g/mol. The molecule has 5 heteroatoms. The molecule has 2 aromatic rings. The van der Waals surface area contributed by atoms with Crippen molar-refractivity contribution in [2.24, 2.45) is 0 Å². The number of anilines is 1. The van der Waals surface area contributed by atoms with Gasteiger partial charge in [0.05, 0.1) is 6.61 Å². The van der Waals surface area contributed by atoms with Crippen LogP contribution in [0.2, 0.25) is 0 Å². The molecule has 0 radical (unpaired) electrons. The van der Waals surface area contributed by atoms with E-state index in [0.717, 1.165) is 24.0 Å². The number of aliphatic hydroxyl groups excluding tert-OH is 1. The predicted octanol–water partition coefficient (Wildman–Crippen LogP) is 2.51. The van der Waals surface area contributed by atoms with Gasteiger partial charge in [-0.05, 0) is 41.7 Å². The van der Waals surface area contributed by atoms with Gasteiger partial charge >= 0.3 is 0 Å². The largest absolute Gasteiger partial charge is 0.392 e. The number of rotatable bonds is 6. The Morgan fingerprint density at radius 3 is 2.20 bits per heavy atom. The predicted molar refractivity (Wildman–Crippen MR) is 80.6 cm³/mol. The monoisotopic (exact) mass is 291 g/mol. The molecule has 0 fully saturated rings. The molecule has 106 valence electrons. The molecule has 0 heterocycles. The average molecular weight is 291 g/mol. The molecule has 0 spiro atoms. The van der Waals surface area contributed by atoms with Crippen molar-refractivity contribution in [2.75, 3.05) is 4.72 Å². The Labute approximate surface area is 120 Å². The van der Waals surface area contributed by atoms with Gasteiger partial charge in [0.2, 0.25) is 0 Å². The van der Waals surface area contributed by atoms with Crippen LogP contribution in [-0.4, -0.2) is 13.9 Å². The number of hydrogen-bond acceptors (Lipinski definition) is 2. The van der Waals surface area contributed by atoms with E-state index in [0.29, 0.717) is 5.69 Å². The summed E-state index contributed by atoms with van der Waals surface area (Å²) in [7, 11) is 0. The number of nitrogens with one attached hydrogen (secondary N) is 1. The minimum Gasteiger partial charge on any atom is -0.392 e. The summed E-state index contributed by atoms with van der Waals surface area (Å²) in [5.74, 6) is 0. The van der Waals surface area contributed by atoms with Gasteiger partial charge in [0.15, 0.2) is 0 Å². The third-order valence-electron chi connectivity index (χ3n) is 3.01. The first-order valence-electron chi connectivity index (χ1n) is 6.32. The second-order valence-electron chi connectivity index (χ2n) is 4.53. The fraction of sp³-hybridized carbons (Fsp3) is 0.200. The van der Waals surface area contributed by atoms with Crippen molar-refractivity contribution in [2.45, 2.75) is 19.4 Å². The third kappa shape index (κ3) is 4.45. The van der Waals surface area contributed by atoms with Crippen LogP contribution in [0.4, 0.5) is 5.69 Å². The molecular formula is C15H17NO3S. The lowest BCUT2D eigenvalue weighted by Crippen LogP contribution is -2.02. The van der Waals surface area contributed by atoms with Crippen LogP contribution in [-0.2, 0) is 30.7 Å². The van der Waals surface area contributed by atoms with Gasteiger partial charge in [-0.1, -0.05) is 36.4 Å². The van der Waals surface area contributed by atoms with Crippen molar-refractivity contribution in [1.82, 2.24) is 0 Å². The van der Waals surface area contributed by atoms with E-state index in [1.807, 2.05) is 42.5 Å². The van der Waals surface area contributed by atoms with Gasteiger partial charge in [-0.25, -0.2) is 4.21 Å². The number of aliphatic hydroxyl groups is 1.